The molecular weight excluding hydrogens is 126 g/mol. The summed E-state index contributed by atoms with van der Waals surface area (Å²) in [7, 11) is 1.78. The molecule has 1 fully saturated rings. The zero-order valence-electron chi connectivity index (χ0n) is 6.97. The SMILES string of the molecule is CO[C@H](C)CN1CCCC1. The zero-order chi connectivity index (χ0) is 7.40. The average molecular weight is 143 g/mol. The maximum absolute atomic E-state index is 5.17. The summed E-state index contributed by atoms with van der Waals surface area (Å²) in [6.07, 6.45) is 3.14. The van der Waals surface area contributed by atoms with E-state index in [4.69, 9.17) is 4.74 Å². The van der Waals surface area contributed by atoms with Crippen molar-refractivity contribution in [2.24, 2.45) is 0 Å². The van der Waals surface area contributed by atoms with Gasteiger partial charge in [-0.3, -0.25) is 0 Å². The predicted molar refractivity (Wildman–Crippen MR) is 42.1 cm³/mol. The Hall–Kier alpha value is -0.0800. The third-order valence-corrected chi connectivity index (χ3v) is 2.12. The number of ether oxygens (including phenoxy) is 1. The summed E-state index contributed by atoms with van der Waals surface area (Å²) in [6, 6.07) is 0. The number of rotatable bonds is 3. The highest BCUT2D eigenvalue weighted by Crippen LogP contribution is 2.07. The maximum Gasteiger partial charge on any atom is 0.0670 e. The van der Waals surface area contributed by atoms with E-state index in [9.17, 15) is 0 Å². The lowest BCUT2D eigenvalue weighted by atomic mass is 10.4. The number of hydrogen-bond acceptors (Lipinski definition) is 2. The van der Waals surface area contributed by atoms with Gasteiger partial charge in [0.2, 0.25) is 0 Å². The highest BCUT2D eigenvalue weighted by molar-refractivity contribution is 4.68. The third-order valence-electron chi connectivity index (χ3n) is 2.12. The first-order valence-electron chi connectivity index (χ1n) is 4.08. The molecule has 0 N–H and O–H groups in total. The quantitative estimate of drug-likeness (QED) is 0.587. The van der Waals surface area contributed by atoms with Gasteiger partial charge >= 0.3 is 0 Å². The van der Waals surface area contributed by atoms with Crippen LogP contribution in [0.1, 0.15) is 19.8 Å². The van der Waals surface area contributed by atoms with Gasteiger partial charge in [0, 0.05) is 13.7 Å². The lowest BCUT2D eigenvalue weighted by Crippen LogP contribution is -2.29. The van der Waals surface area contributed by atoms with Crippen LogP contribution in [0.4, 0.5) is 0 Å². The van der Waals surface area contributed by atoms with E-state index < -0.39 is 0 Å². The van der Waals surface area contributed by atoms with Crippen LogP contribution in [0.3, 0.4) is 0 Å². The summed E-state index contributed by atoms with van der Waals surface area (Å²) < 4.78 is 5.17. The van der Waals surface area contributed by atoms with Gasteiger partial charge in [0.1, 0.15) is 0 Å². The largest absolute Gasteiger partial charge is 0.380 e. The predicted octanol–water partition coefficient (Wildman–Crippen LogP) is 1.12. The maximum atomic E-state index is 5.17. The van der Waals surface area contributed by atoms with Gasteiger partial charge in [-0.25, -0.2) is 0 Å². The average Bonchev–Trinajstić information content (AvgIpc) is 2.40. The van der Waals surface area contributed by atoms with Gasteiger partial charge in [-0.2, -0.15) is 0 Å². The van der Waals surface area contributed by atoms with Crippen molar-refractivity contribution < 1.29 is 4.74 Å². The molecule has 0 aromatic carbocycles. The minimum absolute atomic E-state index is 0.401. The van der Waals surface area contributed by atoms with Crippen LogP contribution in [0.2, 0.25) is 0 Å². The summed E-state index contributed by atoms with van der Waals surface area (Å²) in [6.45, 7) is 5.77. The molecule has 0 aromatic rings. The first-order valence-corrected chi connectivity index (χ1v) is 4.08. The molecule has 1 rings (SSSR count). The van der Waals surface area contributed by atoms with Crippen LogP contribution in [0.25, 0.3) is 0 Å². The molecule has 1 saturated heterocycles. The summed E-state index contributed by atoms with van der Waals surface area (Å²) >= 11 is 0. The molecule has 60 valence electrons. The van der Waals surface area contributed by atoms with Gasteiger partial charge < -0.3 is 9.64 Å². The molecular formula is C8H17NO. The minimum Gasteiger partial charge on any atom is -0.380 e. The van der Waals surface area contributed by atoms with Gasteiger partial charge in [0.05, 0.1) is 6.10 Å². The lowest BCUT2D eigenvalue weighted by molar-refractivity contribution is 0.0852. The van der Waals surface area contributed by atoms with E-state index in [2.05, 4.69) is 11.8 Å². The first-order chi connectivity index (χ1) is 4.83. The van der Waals surface area contributed by atoms with Crippen LogP contribution in [-0.4, -0.2) is 37.7 Å². The number of methoxy groups -OCH3 is 1. The second kappa shape index (κ2) is 3.94. The van der Waals surface area contributed by atoms with Crippen molar-refractivity contribution in [2.75, 3.05) is 26.7 Å². The summed E-state index contributed by atoms with van der Waals surface area (Å²) in [5.41, 5.74) is 0. The third kappa shape index (κ3) is 2.27. The highest BCUT2D eigenvalue weighted by atomic mass is 16.5. The Morgan fingerprint density at radius 3 is 2.50 bits per heavy atom. The van der Waals surface area contributed by atoms with E-state index in [1.807, 2.05) is 0 Å². The van der Waals surface area contributed by atoms with Crippen molar-refractivity contribution >= 4 is 0 Å². The molecule has 1 atom stereocenters. The van der Waals surface area contributed by atoms with Gasteiger partial charge in [-0.05, 0) is 32.9 Å². The highest BCUT2D eigenvalue weighted by Gasteiger charge is 2.13. The van der Waals surface area contributed by atoms with Crippen LogP contribution < -0.4 is 0 Å². The van der Waals surface area contributed by atoms with Crippen molar-refractivity contribution in [3.05, 3.63) is 0 Å². The lowest BCUT2D eigenvalue weighted by Gasteiger charge is -2.18. The molecule has 0 amide bonds. The monoisotopic (exact) mass is 143 g/mol. The van der Waals surface area contributed by atoms with E-state index >= 15 is 0 Å². The van der Waals surface area contributed by atoms with Gasteiger partial charge in [-0.1, -0.05) is 0 Å². The number of nitrogens with zero attached hydrogens (tertiary/aromatic N) is 1. The molecule has 0 radical (unpaired) electrons. The molecule has 1 aliphatic rings. The Labute approximate surface area is 63.2 Å². The summed E-state index contributed by atoms with van der Waals surface area (Å²) in [5, 5.41) is 0. The molecule has 1 heterocycles. The normalized spacial score (nSPS) is 23.4. The van der Waals surface area contributed by atoms with E-state index in [0.717, 1.165) is 6.54 Å². The van der Waals surface area contributed by atoms with Crippen molar-refractivity contribution in [1.82, 2.24) is 4.90 Å². The fourth-order valence-corrected chi connectivity index (χ4v) is 1.40. The molecule has 0 spiro atoms. The second-order valence-corrected chi connectivity index (χ2v) is 3.05. The molecule has 2 heteroatoms. The molecule has 0 aromatic heterocycles. The minimum atomic E-state index is 0.401. The first kappa shape index (κ1) is 8.02. The zero-order valence-corrected chi connectivity index (χ0v) is 6.97. The van der Waals surface area contributed by atoms with E-state index in [1.165, 1.54) is 25.9 Å². The van der Waals surface area contributed by atoms with Crippen molar-refractivity contribution in [2.45, 2.75) is 25.9 Å². The van der Waals surface area contributed by atoms with Gasteiger partial charge in [-0.15, -0.1) is 0 Å². The standard InChI is InChI=1S/C8H17NO/c1-8(10-2)7-9-5-3-4-6-9/h8H,3-7H2,1-2H3/t8-/m1/s1. The van der Waals surface area contributed by atoms with Crippen molar-refractivity contribution in [3.8, 4) is 0 Å². The molecule has 1 aliphatic heterocycles. The molecule has 0 bridgehead atoms. The van der Waals surface area contributed by atoms with Crippen LogP contribution in [0, 0.1) is 0 Å². The number of hydrogen-bond donors (Lipinski definition) is 0. The summed E-state index contributed by atoms with van der Waals surface area (Å²) in [5.74, 6) is 0. The van der Waals surface area contributed by atoms with E-state index in [0.29, 0.717) is 6.10 Å². The van der Waals surface area contributed by atoms with Crippen molar-refractivity contribution in [1.29, 1.82) is 0 Å². The van der Waals surface area contributed by atoms with Crippen LogP contribution in [0.5, 0.6) is 0 Å². The molecule has 0 aliphatic carbocycles. The molecule has 10 heavy (non-hydrogen) atoms. The van der Waals surface area contributed by atoms with E-state index in [1.54, 1.807) is 7.11 Å². The Balaban J connectivity index is 2.11. The van der Waals surface area contributed by atoms with Crippen LogP contribution >= 0.6 is 0 Å². The molecule has 2 nitrogen and oxygen atoms in total. The van der Waals surface area contributed by atoms with Gasteiger partial charge in [0.15, 0.2) is 0 Å². The molecule has 0 unspecified atom stereocenters. The fraction of sp³-hybridized carbons (Fsp3) is 1.00. The Kier molecular flexibility index (Phi) is 3.16. The Bertz CT molecular complexity index is 89.3. The second-order valence-electron chi connectivity index (χ2n) is 3.05. The van der Waals surface area contributed by atoms with Crippen LogP contribution in [-0.2, 0) is 4.74 Å². The van der Waals surface area contributed by atoms with Crippen LogP contribution in [0.15, 0.2) is 0 Å². The van der Waals surface area contributed by atoms with E-state index in [-0.39, 0.29) is 0 Å². The number of likely N-dealkylation sites (tertiary alicyclic amines) is 1. The van der Waals surface area contributed by atoms with Crippen molar-refractivity contribution in [3.63, 3.8) is 0 Å². The fourth-order valence-electron chi connectivity index (χ4n) is 1.40. The smallest absolute Gasteiger partial charge is 0.0670 e. The summed E-state index contributed by atoms with van der Waals surface area (Å²) in [4.78, 5) is 2.47. The Morgan fingerprint density at radius 2 is 2.00 bits per heavy atom. The Morgan fingerprint density at radius 1 is 1.40 bits per heavy atom. The molecule has 0 saturated carbocycles. The van der Waals surface area contributed by atoms with Gasteiger partial charge in [0.25, 0.3) is 0 Å². The topological polar surface area (TPSA) is 12.5 Å².